The van der Waals surface area contributed by atoms with E-state index in [1.807, 2.05) is 6.92 Å². The van der Waals surface area contributed by atoms with Crippen molar-refractivity contribution in [2.75, 3.05) is 13.2 Å². The van der Waals surface area contributed by atoms with Gasteiger partial charge in [0.1, 0.15) is 11.4 Å². The number of ether oxygens (including phenoxy) is 1. The molecule has 0 aliphatic heterocycles. The Morgan fingerprint density at radius 2 is 2.32 bits per heavy atom. The number of non-ortho nitro benzene ring substituents is 1. The zero-order valence-electron chi connectivity index (χ0n) is 11.9. The van der Waals surface area contributed by atoms with E-state index in [1.54, 1.807) is 17.5 Å². The lowest BCUT2D eigenvalue weighted by Crippen LogP contribution is -2.25. The quantitative estimate of drug-likeness (QED) is 0.480. The highest BCUT2D eigenvalue weighted by Crippen LogP contribution is 2.19. The van der Waals surface area contributed by atoms with Gasteiger partial charge in [-0.1, -0.05) is 6.07 Å². The molecule has 116 valence electrons. The Kier molecular flexibility index (Phi) is 5.42. The van der Waals surface area contributed by atoms with Gasteiger partial charge < -0.3 is 10.1 Å². The van der Waals surface area contributed by atoms with Crippen LogP contribution < -0.4 is 10.1 Å². The normalized spacial score (nSPS) is 10.2. The maximum absolute atomic E-state index is 11.7. The van der Waals surface area contributed by atoms with Gasteiger partial charge in [-0.15, -0.1) is 11.3 Å². The number of nitrogens with zero attached hydrogens (tertiary/aromatic N) is 2. The van der Waals surface area contributed by atoms with Gasteiger partial charge in [0.15, 0.2) is 0 Å². The van der Waals surface area contributed by atoms with Crippen molar-refractivity contribution >= 4 is 22.9 Å². The number of benzene rings is 1. The Morgan fingerprint density at radius 3 is 3.00 bits per heavy atom. The van der Waals surface area contributed by atoms with Crippen LogP contribution in [-0.2, 0) is 0 Å². The van der Waals surface area contributed by atoms with E-state index < -0.39 is 4.92 Å². The first-order valence-corrected chi connectivity index (χ1v) is 7.52. The molecule has 1 N–H and O–H groups in total. The highest BCUT2D eigenvalue weighted by atomic mass is 32.1. The number of carbonyl (C=O) groups is 1. The number of aromatic nitrogens is 1. The molecule has 0 atom stereocenters. The van der Waals surface area contributed by atoms with Gasteiger partial charge >= 0.3 is 0 Å². The standard InChI is InChI=1S/C14H15N3O4S/c1-10-16-13(9-22-10)14(18)15-6-3-7-21-12-5-2-4-11(8-12)17(19)20/h2,4-5,8-9H,3,6-7H2,1H3,(H,15,18). The first-order valence-electron chi connectivity index (χ1n) is 6.64. The number of nitrogens with one attached hydrogen (secondary N) is 1. The van der Waals surface area contributed by atoms with Crippen LogP contribution in [0.15, 0.2) is 29.6 Å². The van der Waals surface area contributed by atoms with E-state index in [0.29, 0.717) is 31.0 Å². The largest absolute Gasteiger partial charge is 0.493 e. The molecule has 1 aromatic carbocycles. The fraction of sp³-hybridized carbons (Fsp3) is 0.286. The van der Waals surface area contributed by atoms with E-state index in [-0.39, 0.29) is 11.6 Å². The molecule has 0 spiro atoms. The Balaban J connectivity index is 1.70. The van der Waals surface area contributed by atoms with Crippen LogP contribution in [-0.4, -0.2) is 29.0 Å². The minimum atomic E-state index is -0.469. The fourth-order valence-corrected chi connectivity index (χ4v) is 2.30. The van der Waals surface area contributed by atoms with Crippen LogP contribution in [0.2, 0.25) is 0 Å². The van der Waals surface area contributed by atoms with Crippen molar-refractivity contribution in [3.63, 3.8) is 0 Å². The summed E-state index contributed by atoms with van der Waals surface area (Å²) < 4.78 is 5.42. The number of rotatable bonds is 7. The smallest absolute Gasteiger partial charge is 0.273 e. The lowest BCUT2D eigenvalue weighted by molar-refractivity contribution is -0.384. The molecule has 2 aromatic rings. The number of nitro groups is 1. The summed E-state index contributed by atoms with van der Waals surface area (Å²) >= 11 is 1.43. The summed E-state index contributed by atoms with van der Waals surface area (Å²) in [6.07, 6.45) is 0.595. The first-order chi connectivity index (χ1) is 10.6. The number of nitro benzene ring substituents is 1. The number of thiazole rings is 1. The van der Waals surface area contributed by atoms with Gasteiger partial charge in [0.2, 0.25) is 0 Å². The van der Waals surface area contributed by atoms with Crippen LogP contribution >= 0.6 is 11.3 Å². The number of carbonyl (C=O) groups excluding carboxylic acids is 1. The molecule has 0 saturated heterocycles. The molecular weight excluding hydrogens is 306 g/mol. The van der Waals surface area contributed by atoms with Gasteiger partial charge in [0.05, 0.1) is 22.6 Å². The molecule has 8 heteroatoms. The fourth-order valence-electron chi connectivity index (χ4n) is 1.71. The molecule has 0 aliphatic rings. The zero-order chi connectivity index (χ0) is 15.9. The average molecular weight is 321 g/mol. The van der Waals surface area contributed by atoms with Crippen molar-refractivity contribution in [3.8, 4) is 5.75 Å². The maximum Gasteiger partial charge on any atom is 0.273 e. The SMILES string of the molecule is Cc1nc(C(=O)NCCCOc2cccc([N+](=O)[O-])c2)cs1. The summed E-state index contributed by atoms with van der Waals surface area (Å²) in [5.41, 5.74) is 0.409. The van der Waals surface area contributed by atoms with Crippen LogP contribution in [0.3, 0.4) is 0 Å². The van der Waals surface area contributed by atoms with Gasteiger partial charge in [0, 0.05) is 18.0 Å². The van der Waals surface area contributed by atoms with Crippen molar-refractivity contribution in [3.05, 3.63) is 50.5 Å². The maximum atomic E-state index is 11.7. The molecule has 1 heterocycles. The summed E-state index contributed by atoms with van der Waals surface area (Å²) in [6.45, 7) is 2.65. The minimum Gasteiger partial charge on any atom is -0.493 e. The molecule has 0 saturated carbocycles. The average Bonchev–Trinajstić information content (AvgIpc) is 2.93. The van der Waals surface area contributed by atoms with Crippen molar-refractivity contribution in [2.24, 2.45) is 0 Å². The summed E-state index contributed by atoms with van der Waals surface area (Å²) in [6, 6.07) is 6.00. The number of hydrogen-bond acceptors (Lipinski definition) is 6. The molecule has 0 radical (unpaired) electrons. The van der Waals surface area contributed by atoms with Crippen molar-refractivity contribution in [1.82, 2.24) is 10.3 Å². The third-order valence-electron chi connectivity index (χ3n) is 2.76. The molecule has 2 rings (SSSR count). The third kappa shape index (κ3) is 4.52. The molecule has 7 nitrogen and oxygen atoms in total. The molecule has 0 fully saturated rings. The van der Waals surface area contributed by atoms with Crippen LogP contribution in [0.25, 0.3) is 0 Å². The summed E-state index contributed by atoms with van der Waals surface area (Å²) in [5, 5.41) is 15.9. The van der Waals surface area contributed by atoms with Crippen molar-refractivity contribution in [2.45, 2.75) is 13.3 Å². The van der Waals surface area contributed by atoms with Gasteiger partial charge in [-0.2, -0.15) is 0 Å². The highest BCUT2D eigenvalue weighted by molar-refractivity contribution is 7.09. The Labute approximate surface area is 131 Å². The Morgan fingerprint density at radius 1 is 1.50 bits per heavy atom. The third-order valence-corrected chi connectivity index (χ3v) is 3.53. The van der Waals surface area contributed by atoms with E-state index in [2.05, 4.69) is 10.3 Å². The molecule has 0 aliphatic carbocycles. The monoisotopic (exact) mass is 321 g/mol. The highest BCUT2D eigenvalue weighted by Gasteiger charge is 2.08. The summed E-state index contributed by atoms with van der Waals surface area (Å²) in [7, 11) is 0. The number of amides is 1. The second-order valence-corrected chi connectivity index (χ2v) is 5.53. The van der Waals surface area contributed by atoms with Gasteiger partial charge in [0.25, 0.3) is 11.6 Å². The zero-order valence-corrected chi connectivity index (χ0v) is 12.8. The Hall–Kier alpha value is -2.48. The predicted octanol–water partition coefficient (Wildman–Crippen LogP) is 2.56. The summed E-state index contributed by atoms with van der Waals surface area (Å²) in [4.78, 5) is 26.0. The van der Waals surface area contributed by atoms with Gasteiger partial charge in [-0.25, -0.2) is 4.98 Å². The molecule has 1 amide bonds. The van der Waals surface area contributed by atoms with Crippen LogP contribution in [0.1, 0.15) is 21.9 Å². The molecule has 0 bridgehead atoms. The van der Waals surface area contributed by atoms with Crippen molar-refractivity contribution in [1.29, 1.82) is 0 Å². The van der Waals surface area contributed by atoms with E-state index >= 15 is 0 Å². The van der Waals surface area contributed by atoms with Gasteiger partial charge in [-0.05, 0) is 19.4 Å². The van der Waals surface area contributed by atoms with E-state index in [1.165, 1.54) is 23.5 Å². The molecule has 22 heavy (non-hydrogen) atoms. The van der Waals surface area contributed by atoms with Crippen LogP contribution in [0.5, 0.6) is 5.75 Å². The second kappa shape index (κ2) is 7.51. The number of aryl methyl sites for hydroxylation is 1. The summed E-state index contributed by atoms with van der Waals surface area (Å²) in [5.74, 6) is 0.232. The van der Waals surface area contributed by atoms with Gasteiger partial charge in [-0.3, -0.25) is 14.9 Å². The lowest BCUT2D eigenvalue weighted by atomic mass is 10.3. The topological polar surface area (TPSA) is 94.4 Å². The van der Waals surface area contributed by atoms with E-state index in [4.69, 9.17) is 4.74 Å². The predicted molar refractivity (Wildman–Crippen MR) is 82.4 cm³/mol. The Bertz CT molecular complexity index is 672. The second-order valence-electron chi connectivity index (χ2n) is 4.46. The number of hydrogen-bond donors (Lipinski definition) is 1. The van der Waals surface area contributed by atoms with Crippen LogP contribution in [0, 0.1) is 17.0 Å². The van der Waals surface area contributed by atoms with Crippen LogP contribution in [0.4, 0.5) is 5.69 Å². The van der Waals surface area contributed by atoms with E-state index in [9.17, 15) is 14.9 Å². The van der Waals surface area contributed by atoms with Crippen molar-refractivity contribution < 1.29 is 14.5 Å². The minimum absolute atomic E-state index is 0.00953. The lowest BCUT2D eigenvalue weighted by Gasteiger charge is -2.06. The molecule has 1 aromatic heterocycles. The molecular formula is C14H15N3O4S. The first kappa shape index (κ1) is 15.9. The molecule has 0 unspecified atom stereocenters. The van der Waals surface area contributed by atoms with E-state index in [0.717, 1.165) is 5.01 Å².